The monoisotopic (exact) mass is 253 g/mol. The van der Waals surface area contributed by atoms with E-state index in [0.717, 1.165) is 4.57 Å². The summed E-state index contributed by atoms with van der Waals surface area (Å²) in [5.74, 6) is -0.215. The lowest BCUT2D eigenvalue weighted by atomic mass is 10.4. The lowest BCUT2D eigenvalue weighted by Crippen LogP contribution is -2.44. The summed E-state index contributed by atoms with van der Waals surface area (Å²) in [4.78, 5) is 37.0. The molecule has 0 radical (unpaired) electrons. The zero-order valence-corrected chi connectivity index (χ0v) is 11.0. The predicted octanol–water partition coefficient (Wildman–Crippen LogP) is -0.102. The minimum absolute atomic E-state index is 0.194. The van der Waals surface area contributed by atoms with Crippen LogP contribution in [0, 0.1) is 0 Å². The molecule has 100 valence electrons. The minimum atomic E-state index is -0.440. The Kier molecular flexibility index (Phi) is 4.88. The van der Waals surface area contributed by atoms with E-state index in [4.69, 9.17) is 0 Å². The van der Waals surface area contributed by atoms with Crippen LogP contribution < -0.4 is 11.2 Å². The van der Waals surface area contributed by atoms with Crippen molar-refractivity contribution < 1.29 is 4.79 Å². The highest BCUT2D eigenvalue weighted by molar-refractivity contribution is 5.75. The maximum absolute atomic E-state index is 11.9. The van der Waals surface area contributed by atoms with Crippen molar-refractivity contribution in [1.29, 1.82) is 0 Å². The molecule has 0 N–H and O–H groups in total. The highest BCUT2D eigenvalue weighted by atomic mass is 16.2. The molecule has 0 aliphatic carbocycles. The highest BCUT2D eigenvalue weighted by Crippen LogP contribution is 1.90. The maximum atomic E-state index is 11.9. The van der Waals surface area contributed by atoms with Crippen LogP contribution in [-0.4, -0.2) is 33.0 Å². The number of aryl methyl sites for hydroxylation is 1. The van der Waals surface area contributed by atoms with Crippen molar-refractivity contribution in [2.24, 2.45) is 0 Å². The zero-order chi connectivity index (χ0) is 13.7. The number of carbonyl (C=O) groups is 1. The van der Waals surface area contributed by atoms with Crippen LogP contribution in [0.1, 0.15) is 20.8 Å². The molecule has 0 aromatic carbocycles. The van der Waals surface area contributed by atoms with Crippen molar-refractivity contribution in [3.8, 4) is 0 Å². The molecule has 0 aliphatic heterocycles. The van der Waals surface area contributed by atoms with Crippen LogP contribution in [0.15, 0.2) is 21.9 Å². The predicted molar refractivity (Wildman–Crippen MR) is 68.6 cm³/mol. The lowest BCUT2D eigenvalue weighted by molar-refractivity contribution is -0.131. The molecule has 1 aromatic rings. The van der Waals surface area contributed by atoms with E-state index in [0.29, 0.717) is 19.6 Å². The first-order valence-corrected chi connectivity index (χ1v) is 6.13. The summed E-state index contributed by atoms with van der Waals surface area (Å²) >= 11 is 0. The average Bonchev–Trinajstić information content (AvgIpc) is 2.36. The quantitative estimate of drug-likeness (QED) is 0.736. The highest BCUT2D eigenvalue weighted by Gasteiger charge is 2.13. The van der Waals surface area contributed by atoms with Gasteiger partial charge in [-0.05, 0) is 20.8 Å². The van der Waals surface area contributed by atoms with E-state index in [9.17, 15) is 14.4 Å². The van der Waals surface area contributed by atoms with Gasteiger partial charge in [0.25, 0.3) is 5.56 Å². The molecule has 1 aromatic heterocycles. The summed E-state index contributed by atoms with van der Waals surface area (Å²) in [6, 6.07) is 1.31. The third kappa shape index (κ3) is 2.88. The Morgan fingerprint density at radius 1 is 1.22 bits per heavy atom. The first-order valence-electron chi connectivity index (χ1n) is 6.13. The Hall–Kier alpha value is -1.85. The fourth-order valence-electron chi connectivity index (χ4n) is 1.75. The summed E-state index contributed by atoms with van der Waals surface area (Å²) in [5, 5.41) is 0. The third-order valence-corrected chi connectivity index (χ3v) is 2.89. The molecule has 0 saturated heterocycles. The number of hydrogen-bond acceptors (Lipinski definition) is 3. The average molecular weight is 253 g/mol. The van der Waals surface area contributed by atoms with Crippen molar-refractivity contribution in [3.63, 3.8) is 0 Å². The molecule has 1 heterocycles. The molecular formula is C12H19N3O3. The summed E-state index contributed by atoms with van der Waals surface area (Å²) in [5.41, 5.74) is -0.879. The van der Waals surface area contributed by atoms with Gasteiger partial charge >= 0.3 is 5.69 Å². The largest absolute Gasteiger partial charge is 0.342 e. The molecule has 18 heavy (non-hydrogen) atoms. The molecule has 0 bridgehead atoms. The number of carbonyl (C=O) groups excluding carboxylic acids is 1. The zero-order valence-electron chi connectivity index (χ0n) is 11.0. The Morgan fingerprint density at radius 2 is 1.83 bits per heavy atom. The van der Waals surface area contributed by atoms with Crippen molar-refractivity contribution >= 4 is 5.91 Å². The van der Waals surface area contributed by atoms with Crippen LogP contribution in [0.5, 0.6) is 0 Å². The topological polar surface area (TPSA) is 64.3 Å². The molecule has 0 aliphatic rings. The second kappa shape index (κ2) is 6.18. The second-order valence-electron chi connectivity index (χ2n) is 3.87. The van der Waals surface area contributed by atoms with E-state index < -0.39 is 11.2 Å². The van der Waals surface area contributed by atoms with Gasteiger partial charge in [0, 0.05) is 31.9 Å². The summed E-state index contributed by atoms with van der Waals surface area (Å²) in [6.45, 7) is 6.94. The van der Waals surface area contributed by atoms with Gasteiger partial charge in [0.05, 0.1) is 0 Å². The van der Waals surface area contributed by atoms with Crippen molar-refractivity contribution in [1.82, 2.24) is 14.0 Å². The molecule has 0 saturated carbocycles. The normalized spacial score (nSPS) is 10.4. The third-order valence-electron chi connectivity index (χ3n) is 2.89. The molecule has 0 fully saturated rings. The standard InChI is InChI=1S/C12H19N3O3/c1-4-13(5-2)11(17)9-15-10(16)7-8-14(6-3)12(15)18/h7-8H,4-6,9H2,1-3H3. The van der Waals surface area contributed by atoms with Crippen molar-refractivity contribution in [3.05, 3.63) is 33.1 Å². The van der Waals surface area contributed by atoms with Crippen LogP contribution in [0.25, 0.3) is 0 Å². The van der Waals surface area contributed by atoms with Crippen molar-refractivity contribution in [2.75, 3.05) is 13.1 Å². The van der Waals surface area contributed by atoms with Gasteiger partial charge in [-0.2, -0.15) is 0 Å². The van der Waals surface area contributed by atoms with E-state index in [2.05, 4.69) is 0 Å². The van der Waals surface area contributed by atoms with Gasteiger partial charge < -0.3 is 9.47 Å². The SMILES string of the molecule is CCN(CC)C(=O)Cn1c(=O)ccn(CC)c1=O. The van der Waals surface area contributed by atoms with Crippen LogP contribution in [0.4, 0.5) is 0 Å². The van der Waals surface area contributed by atoms with E-state index >= 15 is 0 Å². The molecule has 6 heteroatoms. The summed E-state index contributed by atoms with van der Waals surface area (Å²) in [7, 11) is 0. The first kappa shape index (κ1) is 14.2. The Balaban J connectivity index is 3.08. The Bertz CT molecular complexity index is 526. The van der Waals surface area contributed by atoms with Crippen LogP contribution >= 0.6 is 0 Å². The van der Waals surface area contributed by atoms with Crippen LogP contribution in [-0.2, 0) is 17.9 Å². The summed E-state index contributed by atoms with van der Waals surface area (Å²) < 4.78 is 2.38. The Morgan fingerprint density at radius 3 is 2.33 bits per heavy atom. The fraction of sp³-hybridized carbons (Fsp3) is 0.583. The van der Waals surface area contributed by atoms with Gasteiger partial charge in [-0.1, -0.05) is 0 Å². The van der Waals surface area contributed by atoms with Crippen LogP contribution in [0.2, 0.25) is 0 Å². The number of rotatable bonds is 5. The smallest absolute Gasteiger partial charge is 0.331 e. The van der Waals surface area contributed by atoms with Gasteiger partial charge in [-0.25, -0.2) is 4.79 Å². The number of likely N-dealkylation sites (N-methyl/N-ethyl adjacent to an activating group) is 1. The minimum Gasteiger partial charge on any atom is -0.342 e. The van der Waals surface area contributed by atoms with E-state index in [-0.39, 0.29) is 12.5 Å². The first-order chi connectivity index (χ1) is 8.54. The summed E-state index contributed by atoms with van der Waals surface area (Å²) in [6.07, 6.45) is 1.45. The molecule has 1 rings (SSSR count). The molecule has 6 nitrogen and oxygen atoms in total. The number of nitrogens with zero attached hydrogens (tertiary/aromatic N) is 3. The van der Waals surface area contributed by atoms with Crippen LogP contribution in [0.3, 0.4) is 0 Å². The van der Waals surface area contributed by atoms with E-state index in [1.54, 1.807) is 4.90 Å². The number of amides is 1. The van der Waals surface area contributed by atoms with Gasteiger partial charge in [-0.3, -0.25) is 14.2 Å². The van der Waals surface area contributed by atoms with Gasteiger partial charge in [0.2, 0.25) is 5.91 Å². The fourth-order valence-corrected chi connectivity index (χ4v) is 1.75. The molecule has 0 unspecified atom stereocenters. The lowest BCUT2D eigenvalue weighted by Gasteiger charge is -2.19. The molecule has 1 amide bonds. The van der Waals surface area contributed by atoms with Gasteiger partial charge in [0.15, 0.2) is 0 Å². The Labute approximate surface area is 105 Å². The molecular weight excluding hydrogens is 234 g/mol. The van der Waals surface area contributed by atoms with Crippen molar-refractivity contribution in [2.45, 2.75) is 33.9 Å². The number of hydrogen-bond donors (Lipinski definition) is 0. The second-order valence-corrected chi connectivity index (χ2v) is 3.87. The molecule has 0 spiro atoms. The number of aromatic nitrogens is 2. The molecule has 0 atom stereocenters. The van der Waals surface area contributed by atoms with Gasteiger partial charge in [0.1, 0.15) is 6.54 Å². The van der Waals surface area contributed by atoms with E-state index in [1.807, 2.05) is 20.8 Å². The van der Waals surface area contributed by atoms with E-state index in [1.165, 1.54) is 16.8 Å². The maximum Gasteiger partial charge on any atom is 0.331 e. The van der Waals surface area contributed by atoms with Gasteiger partial charge in [-0.15, -0.1) is 0 Å².